The van der Waals surface area contributed by atoms with Crippen LogP contribution in [0.3, 0.4) is 0 Å². The zero-order valence-corrected chi connectivity index (χ0v) is 17.8. The Morgan fingerprint density at radius 3 is 2.80 bits per heavy atom. The number of tetrazole rings is 1. The quantitative estimate of drug-likeness (QED) is 0.714. The second kappa shape index (κ2) is 7.95. The topological polar surface area (TPSA) is 79.7 Å². The van der Waals surface area contributed by atoms with Crippen molar-refractivity contribution in [1.29, 1.82) is 0 Å². The summed E-state index contributed by atoms with van der Waals surface area (Å²) in [5.74, 6) is 1.41. The van der Waals surface area contributed by atoms with Crippen molar-refractivity contribution in [2.45, 2.75) is 64.5 Å². The highest BCUT2D eigenvalue weighted by molar-refractivity contribution is 5.82. The van der Waals surface area contributed by atoms with E-state index >= 15 is 0 Å². The number of aryl methyl sites for hydroxylation is 1. The highest BCUT2D eigenvalue weighted by Gasteiger charge is 2.34. The molecule has 2 fully saturated rings. The number of aromatic nitrogens is 5. The number of likely N-dealkylation sites (tertiary alicyclic amines) is 1. The average Bonchev–Trinajstić information content (AvgIpc) is 3.41. The second-order valence-electron chi connectivity index (χ2n) is 9.16. The van der Waals surface area contributed by atoms with E-state index in [1.165, 1.54) is 19.3 Å². The summed E-state index contributed by atoms with van der Waals surface area (Å²) >= 11 is 0. The van der Waals surface area contributed by atoms with Crippen molar-refractivity contribution in [3.63, 3.8) is 0 Å². The molecule has 2 aliphatic rings. The van der Waals surface area contributed by atoms with Crippen LogP contribution in [0, 0.1) is 12.8 Å². The van der Waals surface area contributed by atoms with Crippen LogP contribution in [0.4, 0.5) is 0 Å². The molecule has 3 heterocycles. The molecular formula is C23H30N6O. The van der Waals surface area contributed by atoms with Gasteiger partial charge in [-0.3, -0.25) is 9.69 Å². The predicted molar refractivity (Wildman–Crippen MR) is 116 cm³/mol. The number of piperidine rings is 1. The molecule has 30 heavy (non-hydrogen) atoms. The molecular weight excluding hydrogens is 376 g/mol. The third-order valence-corrected chi connectivity index (χ3v) is 6.90. The van der Waals surface area contributed by atoms with Gasteiger partial charge in [0.05, 0.1) is 11.6 Å². The summed E-state index contributed by atoms with van der Waals surface area (Å²) in [6.07, 6.45) is 7.00. The molecule has 1 saturated heterocycles. The summed E-state index contributed by atoms with van der Waals surface area (Å²) in [4.78, 5) is 18.9. The Hall–Kier alpha value is -2.54. The van der Waals surface area contributed by atoms with Crippen molar-refractivity contribution in [1.82, 2.24) is 30.1 Å². The molecule has 0 amide bonds. The highest BCUT2D eigenvalue weighted by Crippen LogP contribution is 2.35. The van der Waals surface area contributed by atoms with E-state index in [1.54, 1.807) is 0 Å². The zero-order valence-electron chi connectivity index (χ0n) is 17.8. The first-order valence-electron chi connectivity index (χ1n) is 11.3. The Labute approximate surface area is 176 Å². The molecule has 1 aromatic carbocycles. The Morgan fingerprint density at radius 1 is 1.17 bits per heavy atom. The van der Waals surface area contributed by atoms with Crippen LogP contribution in [0.1, 0.15) is 74.5 Å². The normalized spacial score (nSPS) is 22.0. The van der Waals surface area contributed by atoms with Crippen LogP contribution in [0.2, 0.25) is 0 Å². The molecule has 158 valence electrons. The fourth-order valence-electron chi connectivity index (χ4n) is 5.35. The van der Waals surface area contributed by atoms with Crippen molar-refractivity contribution < 1.29 is 0 Å². The van der Waals surface area contributed by atoms with Crippen molar-refractivity contribution in [3.8, 4) is 0 Å². The van der Waals surface area contributed by atoms with Crippen LogP contribution in [-0.2, 0) is 0 Å². The van der Waals surface area contributed by atoms with Gasteiger partial charge in [0.25, 0.3) is 5.56 Å². The molecule has 7 heteroatoms. The Bertz CT molecular complexity index is 1100. The van der Waals surface area contributed by atoms with Gasteiger partial charge in [-0.15, -0.1) is 5.10 Å². The molecule has 1 saturated carbocycles. The van der Waals surface area contributed by atoms with Crippen LogP contribution in [0.5, 0.6) is 0 Å². The molecule has 0 bridgehead atoms. The lowest BCUT2D eigenvalue weighted by Crippen LogP contribution is -2.41. The molecule has 5 rings (SSSR count). The smallest absolute Gasteiger partial charge is 0.253 e. The summed E-state index contributed by atoms with van der Waals surface area (Å²) in [7, 11) is 0. The van der Waals surface area contributed by atoms with E-state index < -0.39 is 0 Å². The molecule has 1 aliphatic heterocycles. The number of hydrogen-bond acceptors (Lipinski definition) is 5. The lowest BCUT2D eigenvalue weighted by molar-refractivity contribution is 0.139. The van der Waals surface area contributed by atoms with E-state index in [-0.39, 0.29) is 11.6 Å². The van der Waals surface area contributed by atoms with Gasteiger partial charge in [-0.2, -0.15) is 0 Å². The standard InChI is InChI=1S/C23H30N6O/c1-15-7-6-12-28(14-15)21(22-25-26-27-29(22)18-10-3-4-11-18)19-13-17-9-5-8-16(2)20(17)24-23(19)30/h5,8-9,13,15,18,21H,3-4,6-7,10-12,14H2,1-2H3,(H,24,30)/t15-,21-/m0/s1. The molecule has 2 aromatic heterocycles. The van der Waals surface area contributed by atoms with E-state index in [2.05, 4.69) is 44.5 Å². The fraction of sp³-hybridized carbons (Fsp3) is 0.565. The number of aromatic amines is 1. The van der Waals surface area contributed by atoms with Gasteiger partial charge in [0.2, 0.25) is 0 Å². The molecule has 3 aromatic rings. The summed E-state index contributed by atoms with van der Waals surface area (Å²) in [5, 5.41) is 14.0. The van der Waals surface area contributed by atoms with Crippen LogP contribution < -0.4 is 5.56 Å². The highest BCUT2D eigenvalue weighted by atomic mass is 16.1. The van der Waals surface area contributed by atoms with Crippen molar-refractivity contribution in [2.75, 3.05) is 13.1 Å². The van der Waals surface area contributed by atoms with E-state index in [0.29, 0.717) is 12.0 Å². The zero-order chi connectivity index (χ0) is 20.7. The molecule has 2 atom stereocenters. The van der Waals surface area contributed by atoms with Crippen molar-refractivity contribution in [3.05, 3.63) is 51.6 Å². The van der Waals surface area contributed by atoms with Gasteiger partial charge >= 0.3 is 0 Å². The minimum atomic E-state index is -0.225. The van der Waals surface area contributed by atoms with Crippen LogP contribution >= 0.6 is 0 Å². The molecule has 0 spiro atoms. The first-order valence-corrected chi connectivity index (χ1v) is 11.3. The number of benzene rings is 1. The molecule has 1 aliphatic carbocycles. The van der Waals surface area contributed by atoms with Gasteiger partial charge < -0.3 is 4.98 Å². The Balaban J connectivity index is 1.66. The van der Waals surface area contributed by atoms with Crippen LogP contribution in [0.15, 0.2) is 29.1 Å². The third kappa shape index (κ3) is 3.45. The second-order valence-corrected chi connectivity index (χ2v) is 9.16. The monoisotopic (exact) mass is 406 g/mol. The fourth-order valence-corrected chi connectivity index (χ4v) is 5.35. The maximum absolute atomic E-state index is 13.3. The Morgan fingerprint density at radius 2 is 2.00 bits per heavy atom. The summed E-state index contributed by atoms with van der Waals surface area (Å²) < 4.78 is 2.01. The lowest BCUT2D eigenvalue weighted by Gasteiger charge is -2.36. The van der Waals surface area contributed by atoms with E-state index in [4.69, 9.17) is 0 Å². The van der Waals surface area contributed by atoms with Crippen molar-refractivity contribution >= 4 is 10.9 Å². The van der Waals surface area contributed by atoms with Crippen LogP contribution in [-0.4, -0.2) is 43.2 Å². The summed E-state index contributed by atoms with van der Waals surface area (Å²) in [6.45, 7) is 6.23. The number of rotatable bonds is 4. The SMILES string of the molecule is Cc1cccc2cc([C@@H](c3nnnn3C3CCCC3)N3CCC[C@H](C)C3)c(=O)[nH]c12. The molecule has 0 radical (unpaired) electrons. The molecule has 7 nitrogen and oxygen atoms in total. The van der Waals surface area contributed by atoms with Gasteiger partial charge in [-0.05, 0) is 72.5 Å². The van der Waals surface area contributed by atoms with E-state index in [1.807, 2.05) is 23.7 Å². The summed E-state index contributed by atoms with van der Waals surface area (Å²) in [6, 6.07) is 8.30. The minimum absolute atomic E-state index is 0.0407. The summed E-state index contributed by atoms with van der Waals surface area (Å²) in [5.41, 5.74) is 2.69. The number of nitrogens with zero attached hydrogens (tertiary/aromatic N) is 5. The lowest BCUT2D eigenvalue weighted by atomic mass is 9.95. The Kier molecular flexibility index (Phi) is 5.15. The van der Waals surface area contributed by atoms with Crippen molar-refractivity contribution in [2.24, 2.45) is 5.92 Å². The predicted octanol–water partition coefficient (Wildman–Crippen LogP) is 3.76. The number of para-hydroxylation sites is 1. The first-order chi connectivity index (χ1) is 14.6. The minimum Gasteiger partial charge on any atom is -0.321 e. The van der Waals surface area contributed by atoms with Crippen LogP contribution in [0.25, 0.3) is 10.9 Å². The maximum Gasteiger partial charge on any atom is 0.253 e. The number of fused-ring (bicyclic) bond motifs is 1. The van der Waals surface area contributed by atoms with Gasteiger partial charge in [0, 0.05) is 12.1 Å². The van der Waals surface area contributed by atoms with Gasteiger partial charge in [-0.25, -0.2) is 4.68 Å². The van der Waals surface area contributed by atoms with Gasteiger partial charge in [0.1, 0.15) is 6.04 Å². The average molecular weight is 407 g/mol. The van der Waals surface area contributed by atoms with Gasteiger partial charge in [0.15, 0.2) is 5.82 Å². The van der Waals surface area contributed by atoms with Gasteiger partial charge in [-0.1, -0.05) is 38.0 Å². The number of hydrogen-bond donors (Lipinski definition) is 1. The maximum atomic E-state index is 13.3. The largest absolute Gasteiger partial charge is 0.321 e. The molecule has 0 unspecified atom stereocenters. The number of nitrogens with one attached hydrogen (secondary N) is 1. The van der Waals surface area contributed by atoms with E-state index in [0.717, 1.165) is 60.2 Å². The third-order valence-electron chi connectivity index (χ3n) is 6.90. The molecule has 1 N–H and O–H groups in total. The van der Waals surface area contributed by atoms with E-state index in [9.17, 15) is 4.79 Å². The first kappa shape index (κ1) is 19.4. The number of H-pyrrole nitrogens is 1. The number of pyridine rings is 1.